The molecule has 1 aliphatic heterocycles. The van der Waals surface area contributed by atoms with Crippen molar-refractivity contribution >= 4 is 46.7 Å². The lowest BCUT2D eigenvalue weighted by atomic mass is 10.1. The Morgan fingerprint density at radius 2 is 1.55 bits per heavy atom. The van der Waals surface area contributed by atoms with E-state index in [2.05, 4.69) is 20.6 Å². The van der Waals surface area contributed by atoms with Gasteiger partial charge in [-0.25, -0.2) is 4.98 Å². The first kappa shape index (κ1) is 33.0. The highest BCUT2D eigenvalue weighted by Gasteiger charge is 2.25. The molecular weight excluding hydrogens is 568 g/mol. The third-order valence-corrected chi connectivity index (χ3v) is 6.67. The van der Waals surface area contributed by atoms with Gasteiger partial charge >= 0.3 is 0 Å². The summed E-state index contributed by atoms with van der Waals surface area (Å²) < 4.78 is 21.7. The van der Waals surface area contributed by atoms with E-state index in [0.29, 0.717) is 106 Å². The summed E-state index contributed by atoms with van der Waals surface area (Å²) in [5, 5.41) is 6.38. The van der Waals surface area contributed by atoms with Crippen LogP contribution in [-0.2, 0) is 23.8 Å². The van der Waals surface area contributed by atoms with Crippen molar-refractivity contribution in [2.24, 2.45) is 0 Å². The molecule has 0 spiro atoms. The predicted molar refractivity (Wildman–Crippen MR) is 158 cm³/mol. The first-order valence-corrected chi connectivity index (χ1v) is 14.1. The number of nitrogens with zero attached hydrogens (tertiary/aromatic N) is 4. The van der Waals surface area contributed by atoms with Gasteiger partial charge in [-0.3, -0.25) is 14.4 Å². The fraction of sp³-hybridized carbons (Fsp3) is 0.536. The minimum Gasteiger partial charge on any atom is -0.495 e. The molecule has 1 fully saturated rings. The highest BCUT2D eigenvalue weighted by atomic mass is 35.5. The summed E-state index contributed by atoms with van der Waals surface area (Å²) in [7, 11) is 3.23. The highest BCUT2D eigenvalue weighted by Crippen LogP contribution is 2.29. The van der Waals surface area contributed by atoms with Crippen LogP contribution < -0.4 is 15.4 Å². The van der Waals surface area contributed by atoms with E-state index in [9.17, 15) is 14.4 Å². The Kier molecular flexibility index (Phi) is 13.7. The zero-order valence-corrected chi connectivity index (χ0v) is 25.1. The summed E-state index contributed by atoms with van der Waals surface area (Å²) in [5.74, 6) is 1.22. The number of Topliss-reactive ketones (excluding diaryl/α,β-unsaturated/α-hetero) is 1. The predicted octanol–water partition coefficient (Wildman–Crippen LogP) is 2.63. The Morgan fingerprint density at radius 3 is 2.17 bits per heavy atom. The Labute approximate surface area is 250 Å². The van der Waals surface area contributed by atoms with Gasteiger partial charge in [0.2, 0.25) is 11.9 Å². The summed E-state index contributed by atoms with van der Waals surface area (Å²) in [6.07, 6.45) is 2.16. The molecule has 0 unspecified atom stereocenters. The van der Waals surface area contributed by atoms with E-state index < -0.39 is 0 Å². The average molecular weight is 607 g/mol. The molecular formula is C28H39ClN6O7. The molecule has 42 heavy (non-hydrogen) atoms. The molecule has 2 aromatic rings. The number of carbonyl (C=O) groups excluding carboxylic acids is 3. The van der Waals surface area contributed by atoms with Gasteiger partial charge in [0.1, 0.15) is 22.4 Å². The van der Waals surface area contributed by atoms with Crippen LogP contribution >= 0.6 is 11.6 Å². The Hall–Kier alpha value is -3.52. The van der Waals surface area contributed by atoms with E-state index in [4.69, 9.17) is 30.5 Å². The van der Waals surface area contributed by atoms with Gasteiger partial charge in [-0.2, -0.15) is 4.98 Å². The molecule has 2 N–H and O–H groups in total. The number of methoxy groups -OCH3 is 1. The van der Waals surface area contributed by atoms with Gasteiger partial charge in [0, 0.05) is 45.2 Å². The molecule has 0 bridgehead atoms. The number of anilines is 3. The first-order valence-electron chi connectivity index (χ1n) is 13.8. The molecule has 2 heterocycles. The lowest BCUT2D eigenvalue weighted by Gasteiger charge is -2.35. The fourth-order valence-electron chi connectivity index (χ4n) is 4.07. The number of halogens is 1. The maximum Gasteiger partial charge on any atom is 0.254 e. The summed E-state index contributed by atoms with van der Waals surface area (Å²) in [5.41, 5.74) is 1.07. The molecule has 1 aromatic heterocycles. The normalized spacial score (nSPS) is 13.1. The van der Waals surface area contributed by atoms with Gasteiger partial charge in [-0.05, 0) is 25.1 Å². The van der Waals surface area contributed by atoms with Crippen LogP contribution in [0.4, 0.5) is 17.5 Å². The number of ketones is 1. The summed E-state index contributed by atoms with van der Waals surface area (Å²) >= 11 is 6.06. The largest absolute Gasteiger partial charge is 0.495 e. The molecule has 2 amide bonds. The van der Waals surface area contributed by atoms with E-state index in [0.717, 1.165) is 0 Å². The zero-order valence-electron chi connectivity index (χ0n) is 24.3. The molecule has 1 saturated heterocycles. The molecule has 230 valence electrons. The third-order valence-electron chi connectivity index (χ3n) is 6.40. The minimum absolute atomic E-state index is 0.00941. The summed E-state index contributed by atoms with van der Waals surface area (Å²) in [4.78, 5) is 48.6. The zero-order chi connectivity index (χ0) is 30.3. The maximum absolute atomic E-state index is 13.2. The van der Waals surface area contributed by atoms with Crippen LogP contribution in [0.3, 0.4) is 0 Å². The van der Waals surface area contributed by atoms with Crippen molar-refractivity contribution in [2.75, 3.05) is 90.6 Å². The van der Waals surface area contributed by atoms with E-state index >= 15 is 0 Å². The van der Waals surface area contributed by atoms with Crippen LogP contribution in [0.1, 0.15) is 30.1 Å². The highest BCUT2D eigenvalue weighted by molar-refractivity contribution is 6.32. The van der Waals surface area contributed by atoms with Crippen LogP contribution in [0.2, 0.25) is 5.02 Å². The average Bonchev–Trinajstić information content (AvgIpc) is 3.00. The molecule has 1 aromatic carbocycles. The quantitative estimate of drug-likeness (QED) is 0.256. The lowest BCUT2D eigenvalue weighted by molar-refractivity contribution is -0.134. The van der Waals surface area contributed by atoms with Gasteiger partial charge < -0.3 is 39.4 Å². The number of nitrogens with one attached hydrogen (secondary N) is 2. The van der Waals surface area contributed by atoms with Crippen LogP contribution in [-0.4, -0.2) is 117 Å². The molecule has 3 rings (SSSR count). The molecule has 14 heteroatoms. The van der Waals surface area contributed by atoms with Crippen molar-refractivity contribution in [1.29, 1.82) is 0 Å². The van der Waals surface area contributed by atoms with E-state index in [1.807, 2.05) is 0 Å². The lowest BCUT2D eigenvalue weighted by Crippen LogP contribution is -2.50. The fourth-order valence-corrected chi connectivity index (χ4v) is 4.25. The van der Waals surface area contributed by atoms with E-state index in [-0.39, 0.29) is 24.0 Å². The van der Waals surface area contributed by atoms with Crippen molar-refractivity contribution in [3.63, 3.8) is 0 Å². The molecule has 1 aliphatic rings. The Balaban J connectivity index is 1.37. The minimum atomic E-state index is -0.139. The number of amides is 2. The van der Waals surface area contributed by atoms with Crippen LogP contribution in [0.15, 0.2) is 24.4 Å². The number of piperazine rings is 1. The second-order valence-electron chi connectivity index (χ2n) is 9.39. The van der Waals surface area contributed by atoms with E-state index in [1.165, 1.54) is 20.2 Å². The summed E-state index contributed by atoms with van der Waals surface area (Å²) in [6, 6.07) is 5.11. The smallest absolute Gasteiger partial charge is 0.254 e. The second-order valence-corrected chi connectivity index (χ2v) is 9.80. The number of hydrogen-bond donors (Lipinski definition) is 2. The van der Waals surface area contributed by atoms with Crippen molar-refractivity contribution < 1.29 is 33.3 Å². The third kappa shape index (κ3) is 10.4. The van der Waals surface area contributed by atoms with Crippen molar-refractivity contribution in [1.82, 2.24) is 19.8 Å². The molecule has 0 atom stereocenters. The number of carbonyl (C=O) groups is 3. The number of aromatic nitrogens is 2. The van der Waals surface area contributed by atoms with Gasteiger partial charge in [0.25, 0.3) is 5.91 Å². The number of benzene rings is 1. The van der Waals surface area contributed by atoms with Crippen molar-refractivity contribution in [3.05, 3.63) is 35.0 Å². The van der Waals surface area contributed by atoms with Gasteiger partial charge in [-0.1, -0.05) is 11.6 Å². The molecule has 13 nitrogen and oxygen atoms in total. The SMILES string of the molecule is CNc1nc(Nc2ccc(C(=O)N3CCN(C(=O)CCOCCOCCOCCC(C)=O)CC3)cc2OC)ncc1Cl. The Morgan fingerprint density at radius 1 is 0.929 bits per heavy atom. The second kappa shape index (κ2) is 17.4. The maximum atomic E-state index is 13.2. The number of ether oxygens (including phenoxy) is 4. The monoisotopic (exact) mass is 606 g/mol. The van der Waals surface area contributed by atoms with Gasteiger partial charge in [-0.15, -0.1) is 0 Å². The van der Waals surface area contributed by atoms with Crippen LogP contribution in [0.25, 0.3) is 0 Å². The van der Waals surface area contributed by atoms with Crippen LogP contribution in [0.5, 0.6) is 5.75 Å². The molecule has 0 radical (unpaired) electrons. The standard InChI is InChI=1S/C28H39ClN6O7/c1-20(36)6-12-40-14-16-42-17-15-41-13-7-25(37)34-8-10-35(11-9-34)27(38)21-4-5-23(24(18-21)39-3)32-28-31-19-22(29)26(30-2)33-28/h4-5,18-19H,6-17H2,1-3H3,(H2,30,31,32,33). The van der Waals surface area contributed by atoms with Crippen LogP contribution in [0, 0.1) is 0 Å². The van der Waals surface area contributed by atoms with Gasteiger partial charge in [0.15, 0.2) is 0 Å². The number of rotatable bonds is 17. The molecule has 0 saturated carbocycles. The topological polar surface area (TPSA) is 144 Å². The van der Waals surface area contributed by atoms with Crippen molar-refractivity contribution in [2.45, 2.75) is 19.8 Å². The molecule has 0 aliphatic carbocycles. The van der Waals surface area contributed by atoms with Gasteiger partial charge in [0.05, 0.1) is 65.1 Å². The Bertz CT molecular complexity index is 1190. The first-order chi connectivity index (χ1) is 20.3. The summed E-state index contributed by atoms with van der Waals surface area (Å²) in [6.45, 7) is 5.63. The van der Waals surface area contributed by atoms with E-state index in [1.54, 1.807) is 35.0 Å². The van der Waals surface area contributed by atoms with Crippen molar-refractivity contribution in [3.8, 4) is 5.75 Å². The number of hydrogen-bond acceptors (Lipinski definition) is 11.